The van der Waals surface area contributed by atoms with Crippen LogP contribution >= 0.6 is 0 Å². The first-order chi connectivity index (χ1) is 12.7. The molecular weight excluding hydrogens is 379 g/mol. The average molecular weight is 400 g/mol. The third-order valence-electron chi connectivity index (χ3n) is 4.73. The van der Waals surface area contributed by atoms with Gasteiger partial charge >= 0.3 is 0 Å². The first kappa shape index (κ1) is 19.5. The van der Waals surface area contributed by atoms with Gasteiger partial charge in [-0.05, 0) is 42.8 Å². The van der Waals surface area contributed by atoms with Gasteiger partial charge in [-0.2, -0.15) is 0 Å². The molecule has 0 radical (unpaired) electrons. The summed E-state index contributed by atoms with van der Waals surface area (Å²) in [4.78, 5) is 2.74. The van der Waals surface area contributed by atoms with Crippen LogP contribution in [0.5, 0.6) is 0 Å². The minimum atomic E-state index is -4.40. The second-order valence-corrected chi connectivity index (χ2v) is 8.37. The Balaban J connectivity index is 1.84. The number of halogens is 3. The Morgan fingerprint density at radius 2 is 1.70 bits per heavy atom. The average Bonchev–Trinajstić information content (AvgIpc) is 2.62. The Morgan fingerprint density at radius 3 is 2.33 bits per heavy atom. The summed E-state index contributed by atoms with van der Waals surface area (Å²) < 4.78 is 67.3. The maximum absolute atomic E-state index is 13.9. The van der Waals surface area contributed by atoms with Crippen molar-refractivity contribution in [2.45, 2.75) is 11.8 Å². The Kier molecular flexibility index (Phi) is 5.34. The molecule has 2 N–H and O–H groups in total. The zero-order chi connectivity index (χ0) is 19.8. The van der Waals surface area contributed by atoms with E-state index < -0.39 is 32.4 Å². The number of likely N-dealkylation sites (N-methyl/N-ethyl adjacent to an activating group) is 1. The summed E-state index contributed by atoms with van der Waals surface area (Å²) in [6.45, 7) is 5.56. The lowest BCUT2D eigenvalue weighted by molar-refractivity contribution is -0.880. The topological polar surface area (TPSA) is 53.9 Å². The van der Waals surface area contributed by atoms with Crippen LogP contribution < -0.4 is 14.5 Å². The summed E-state index contributed by atoms with van der Waals surface area (Å²) >= 11 is 0. The van der Waals surface area contributed by atoms with Crippen molar-refractivity contribution in [3.63, 3.8) is 0 Å². The van der Waals surface area contributed by atoms with Crippen molar-refractivity contribution < 1.29 is 26.5 Å². The van der Waals surface area contributed by atoms with E-state index in [1.54, 1.807) is 19.1 Å². The van der Waals surface area contributed by atoms with Gasteiger partial charge < -0.3 is 9.80 Å². The Morgan fingerprint density at radius 1 is 1.04 bits per heavy atom. The Bertz CT molecular complexity index is 959. The lowest BCUT2D eigenvalue weighted by Gasteiger charge is -2.32. The molecular formula is C18H21F3N3O2S+. The van der Waals surface area contributed by atoms with Crippen LogP contribution in [0.4, 0.5) is 24.5 Å². The minimum Gasteiger partial charge on any atom is -0.360 e. The van der Waals surface area contributed by atoms with Gasteiger partial charge in [-0.15, -0.1) is 0 Å². The van der Waals surface area contributed by atoms with E-state index >= 15 is 0 Å². The highest BCUT2D eigenvalue weighted by atomic mass is 32.2. The highest BCUT2D eigenvalue weighted by Gasteiger charge is 2.25. The van der Waals surface area contributed by atoms with Gasteiger partial charge in [-0.1, -0.05) is 0 Å². The largest absolute Gasteiger partial charge is 0.360 e. The van der Waals surface area contributed by atoms with Gasteiger partial charge in [0.25, 0.3) is 10.0 Å². The summed E-state index contributed by atoms with van der Waals surface area (Å²) in [6.07, 6.45) is 0. The molecule has 1 fully saturated rings. The van der Waals surface area contributed by atoms with Crippen molar-refractivity contribution >= 4 is 21.4 Å². The van der Waals surface area contributed by atoms with Crippen LogP contribution in [0.3, 0.4) is 0 Å². The summed E-state index contributed by atoms with van der Waals surface area (Å²) in [5, 5.41) is 0. The molecule has 0 aliphatic carbocycles. The SMILES string of the molecule is Cc1cc(N2CC[NH+](C)CC2)ccc1NS(=O)(=O)c1ccc(F)c(F)c1F. The molecule has 0 amide bonds. The van der Waals surface area contributed by atoms with Crippen molar-refractivity contribution in [2.24, 2.45) is 0 Å². The monoisotopic (exact) mass is 400 g/mol. The maximum atomic E-state index is 13.9. The van der Waals surface area contributed by atoms with E-state index in [0.29, 0.717) is 17.7 Å². The number of rotatable bonds is 4. The molecule has 1 saturated heterocycles. The summed E-state index contributed by atoms with van der Waals surface area (Å²) in [5.74, 6) is -5.00. The number of hydrogen-bond acceptors (Lipinski definition) is 3. The first-order valence-electron chi connectivity index (χ1n) is 8.52. The molecule has 3 rings (SSSR count). The van der Waals surface area contributed by atoms with E-state index in [1.807, 2.05) is 6.07 Å². The highest BCUT2D eigenvalue weighted by Crippen LogP contribution is 2.27. The zero-order valence-corrected chi connectivity index (χ0v) is 15.8. The van der Waals surface area contributed by atoms with E-state index in [2.05, 4.69) is 16.7 Å². The molecule has 2 aromatic carbocycles. The summed E-state index contributed by atoms with van der Waals surface area (Å²) in [7, 11) is -2.26. The molecule has 1 heterocycles. The molecule has 0 saturated carbocycles. The molecule has 2 aromatic rings. The van der Waals surface area contributed by atoms with E-state index in [0.717, 1.165) is 31.9 Å². The molecule has 0 unspecified atom stereocenters. The van der Waals surface area contributed by atoms with Crippen LogP contribution in [0, 0.1) is 24.4 Å². The van der Waals surface area contributed by atoms with Crippen LogP contribution in [0.15, 0.2) is 35.2 Å². The zero-order valence-electron chi connectivity index (χ0n) is 15.0. The highest BCUT2D eigenvalue weighted by molar-refractivity contribution is 7.92. The number of anilines is 2. The van der Waals surface area contributed by atoms with Gasteiger partial charge in [0.15, 0.2) is 17.5 Å². The van der Waals surface area contributed by atoms with E-state index in [1.165, 1.54) is 4.90 Å². The summed E-state index contributed by atoms with van der Waals surface area (Å²) in [6, 6.07) is 6.50. The van der Waals surface area contributed by atoms with Crippen molar-refractivity contribution in [3.05, 3.63) is 53.3 Å². The molecule has 5 nitrogen and oxygen atoms in total. The molecule has 9 heteroatoms. The standard InChI is InChI=1S/C18H20F3N3O2S/c1-12-11-13(24-9-7-23(2)8-10-24)3-5-15(12)22-27(25,26)16-6-4-14(19)17(20)18(16)21/h3-6,11,22H,7-10H2,1-2H3/p+1. The second-order valence-electron chi connectivity index (χ2n) is 6.72. The van der Waals surface area contributed by atoms with Gasteiger partial charge in [0.1, 0.15) is 4.90 Å². The van der Waals surface area contributed by atoms with Crippen molar-refractivity contribution in [1.29, 1.82) is 0 Å². The fraction of sp³-hybridized carbons (Fsp3) is 0.333. The van der Waals surface area contributed by atoms with Crippen LogP contribution in [-0.2, 0) is 10.0 Å². The van der Waals surface area contributed by atoms with Crippen LogP contribution in [0.25, 0.3) is 0 Å². The van der Waals surface area contributed by atoms with Crippen LogP contribution in [-0.4, -0.2) is 41.6 Å². The minimum absolute atomic E-state index is 0.252. The van der Waals surface area contributed by atoms with Crippen LogP contribution in [0.1, 0.15) is 5.56 Å². The van der Waals surface area contributed by atoms with Crippen molar-refractivity contribution in [3.8, 4) is 0 Å². The normalized spacial score (nSPS) is 15.8. The lowest BCUT2D eigenvalue weighted by Crippen LogP contribution is -3.12. The predicted octanol–water partition coefficient (Wildman–Crippen LogP) is 1.55. The maximum Gasteiger partial charge on any atom is 0.264 e. The molecule has 1 aliphatic rings. The van der Waals surface area contributed by atoms with Gasteiger partial charge in [-0.25, -0.2) is 21.6 Å². The fourth-order valence-electron chi connectivity index (χ4n) is 3.02. The molecule has 146 valence electrons. The first-order valence-corrected chi connectivity index (χ1v) is 10.0. The number of nitrogens with one attached hydrogen (secondary N) is 2. The quantitative estimate of drug-likeness (QED) is 0.766. The van der Waals surface area contributed by atoms with E-state index in [-0.39, 0.29) is 5.69 Å². The van der Waals surface area contributed by atoms with Gasteiger partial charge in [-0.3, -0.25) is 4.72 Å². The molecule has 1 aliphatic heterocycles. The number of hydrogen-bond donors (Lipinski definition) is 2. The van der Waals surface area contributed by atoms with Gasteiger partial charge in [0, 0.05) is 5.69 Å². The molecule has 0 aromatic heterocycles. The second kappa shape index (κ2) is 7.40. The number of nitrogens with zero attached hydrogens (tertiary/aromatic N) is 1. The number of sulfonamides is 1. The molecule has 0 atom stereocenters. The smallest absolute Gasteiger partial charge is 0.264 e. The fourth-order valence-corrected chi connectivity index (χ4v) is 4.22. The van der Waals surface area contributed by atoms with E-state index in [9.17, 15) is 21.6 Å². The van der Waals surface area contributed by atoms with Gasteiger partial charge in [0.05, 0.1) is 38.9 Å². The Hall–Kier alpha value is -2.26. The van der Waals surface area contributed by atoms with Gasteiger partial charge in [0.2, 0.25) is 0 Å². The third-order valence-corrected chi connectivity index (χ3v) is 6.11. The predicted molar refractivity (Wildman–Crippen MR) is 97.1 cm³/mol. The summed E-state index contributed by atoms with van der Waals surface area (Å²) in [5.41, 5.74) is 1.87. The van der Waals surface area contributed by atoms with E-state index in [4.69, 9.17) is 0 Å². The number of aryl methyl sites for hydroxylation is 1. The number of piperazine rings is 1. The molecule has 0 spiro atoms. The van der Waals surface area contributed by atoms with Crippen LogP contribution in [0.2, 0.25) is 0 Å². The Labute approximate surface area is 156 Å². The number of quaternary nitrogens is 1. The molecule has 27 heavy (non-hydrogen) atoms. The number of benzene rings is 2. The van der Waals surface area contributed by atoms with Crippen molar-refractivity contribution in [1.82, 2.24) is 0 Å². The molecule has 0 bridgehead atoms. The third kappa shape index (κ3) is 4.03. The lowest BCUT2D eigenvalue weighted by atomic mass is 10.1. The van der Waals surface area contributed by atoms with Crippen molar-refractivity contribution in [2.75, 3.05) is 42.8 Å².